The molecule has 0 unspecified atom stereocenters. The molecule has 0 bridgehead atoms. The van der Waals surface area contributed by atoms with Crippen LogP contribution in [0, 0.1) is 6.92 Å². The van der Waals surface area contributed by atoms with Crippen molar-refractivity contribution in [3.8, 4) is 0 Å². The molecule has 0 spiro atoms. The van der Waals surface area contributed by atoms with Crippen LogP contribution in [0.5, 0.6) is 0 Å². The zero-order chi connectivity index (χ0) is 20.3. The van der Waals surface area contributed by atoms with Gasteiger partial charge in [-0.05, 0) is 61.2 Å². The van der Waals surface area contributed by atoms with Crippen LogP contribution in [0.2, 0.25) is 0 Å². The van der Waals surface area contributed by atoms with Crippen molar-refractivity contribution in [2.45, 2.75) is 38.0 Å². The van der Waals surface area contributed by atoms with Gasteiger partial charge in [0.1, 0.15) is 0 Å². The molecule has 29 heavy (non-hydrogen) atoms. The third-order valence-corrected chi connectivity index (χ3v) is 5.70. The van der Waals surface area contributed by atoms with E-state index in [4.69, 9.17) is 4.42 Å². The molecule has 1 aliphatic rings. The normalized spacial score (nSPS) is 15.1. The molecule has 3 aromatic rings. The molecule has 5 heteroatoms. The van der Waals surface area contributed by atoms with Gasteiger partial charge in [0.25, 0.3) is 5.91 Å². The van der Waals surface area contributed by atoms with Gasteiger partial charge in [-0.1, -0.05) is 43.2 Å². The van der Waals surface area contributed by atoms with Crippen molar-refractivity contribution in [3.63, 3.8) is 0 Å². The van der Waals surface area contributed by atoms with Gasteiger partial charge in [-0.25, -0.2) is 0 Å². The third kappa shape index (κ3) is 3.81. The molecule has 148 valence electrons. The van der Waals surface area contributed by atoms with E-state index in [1.54, 1.807) is 18.2 Å². The van der Waals surface area contributed by atoms with Gasteiger partial charge in [0.05, 0.1) is 11.7 Å². The minimum atomic E-state index is -0.471. The van der Waals surface area contributed by atoms with E-state index in [1.165, 1.54) is 6.26 Å². The zero-order valence-electron chi connectivity index (χ0n) is 16.4. The van der Waals surface area contributed by atoms with Gasteiger partial charge in [0, 0.05) is 11.4 Å². The number of aryl methyl sites for hydroxylation is 1. The topological polar surface area (TPSA) is 71.3 Å². The quantitative estimate of drug-likeness (QED) is 0.624. The van der Waals surface area contributed by atoms with Crippen LogP contribution < -0.4 is 10.6 Å². The van der Waals surface area contributed by atoms with E-state index < -0.39 is 5.41 Å². The lowest BCUT2D eigenvalue weighted by Crippen LogP contribution is -2.38. The van der Waals surface area contributed by atoms with Crippen LogP contribution in [0.1, 0.15) is 47.4 Å². The molecule has 0 aliphatic heterocycles. The fourth-order valence-electron chi connectivity index (χ4n) is 4.11. The van der Waals surface area contributed by atoms with Gasteiger partial charge in [0.15, 0.2) is 5.76 Å². The predicted octanol–water partition coefficient (Wildman–Crippen LogP) is 5.29. The molecule has 4 rings (SSSR count). The Morgan fingerprint density at radius 1 is 0.931 bits per heavy atom. The molecule has 1 saturated carbocycles. The summed E-state index contributed by atoms with van der Waals surface area (Å²) in [5.41, 5.74) is 2.88. The van der Waals surface area contributed by atoms with Gasteiger partial charge in [-0.3, -0.25) is 9.59 Å². The summed E-state index contributed by atoms with van der Waals surface area (Å²) in [6.07, 6.45) is 5.29. The Balaban J connectivity index is 1.51. The highest BCUT2D eigenvalue weighted by atomic mass is 16.3. The Bertz CT molecular complexity index is 1000. The lowest BCUT2D eigenvalue weighted by Gasteiger charge is -2.28. The van der Waals surface area contributed by atoms with Crippen LogP contribution in [0.3, 0.4) is 0 Å². The first kappa shape index (κ1) is 19.0. The standard InChI is InChI=1S/C24H24N2O3/c1-17-16-19(11-12-20(17)26-22(27)21-10-7-15-29-21)25-23(28)24(13-5-6-14-24)18-8-3-2-4-9-18/h2-4,7-12,15-16H,5-6,13-14H2,1H3,(H,25,28)(H,26,27). The number of hydrogen-bond donors (Lipinski definition) is 2. The predicted molar refractivity (Wildman–Crippen MR) is 113 cm³/mol. The Kier molecular flexibility index (Phi) is 5.21. The average Bonchev–Trinajstić information content (AvgIpc) is 3.43. The molecule has 0 radical (unpaired) electrons. The van der Waals surface area contributed by atoms with E-state index in [9.17, 15) is 9.59 Å². The summed E-state index contributed by atoms with van der Waals surface area (Å²) in [6, 6.07) is 18.8. The summed E-state index contributed by atoms with van der Waals surface area (Å²) in [5, 5.41) is 5.94. The first-order valence-electron chi connectivity index (χ1n) is 9.91. The smallest absolute Gasteiger partial charge is 0.291 e. The highest BCUT2D eigenvalue weighted by molar-refractivity contribution is 6.03. The number of carbonyl (C=O) groups excluding carboxylic acids is 2. The van der Waals surface area contributed by atoms with Gasteiger partial charge in [-0.15, -0.1) is 0 Å². The Labute approximate surface area is 170 Å². The van der Waals surface area contributed by atoms with Crippen molar-refractivity contribution < 1.29 is 14.0 Å². The molecular weight excluding hydrogens is 364 g/mol. The van der Waals surface area contributed by atoms with Gasteiger partial charge in [0.2, 0.25) is 5.91 Å². The zero-order valence-corrected chi connectivity index (χ0v) is 16.4. The summed E-state index contributed by atoms with van der Waals surface area (Å²) < 4.78 is 5.12. The Morgan fingerprint density at radius 2 is 1.69 bits per heavy atom. The Hall–Kier alpha value is -3.34. The molecule has 2 amide bonds. The number of benzene rings is 2. The number of hydrogen-bond acceptors (Lipinski definition) is 3. The molecule has 1 aliphatic carbocycles. The highest BCUT2D eigenvalue weighted by Gasteiger charge is 2.42. The first-order valence-corrected chi connectivity index (χ1v) is 9.91. The molecule has 0 saturated heterocycles. The van der Waals surface area contributed by atoms with E-state index in [0.29, 0.717) is 5.69 Å². The number of nitrogens with one attached hydrogen (secondary N) is 2. The van der Waals surface area contributed by atoms with Gasteiger partial charge >= 0.3 is 0 Å². The van der Waals surface area contributed by atoms with Gasteiger partial charge in [-0.2, -0.15) is 0 Å². The minimum absolute atomic E-state index is 0.0352. The second kappa shape index (κ2) is 7.95. The fraction of sp³-hybridized carbons (Fsp3) is 0.250. The van der Waals surface area contributed by atoms with Crippen molar-refractivity contribution >= 4 is 23.2 Å². The monoisotopic (exact) mass is 388 g/mol. The molecule has 1 heterocycles. The van der Waals surface area contributed by atoms with Crippen molar-refractivity contribution in [2.75, 3.05) is 10.6 Å². The summed E-state index contributed by atoms with van der Waals surface area (Å²) in [5.74, 6) is -0.00958. The third-order valence-electron chi connectivity index (χ3n) is 5.70. The number of rotatable bonds is 5. The minimum Gasteiger partial charge on any atom is -0.459 e. The van der Waals surface area contributed by atoms with Crippen molar-refractivity contribution in [2.24, 2.45) is 0 Å². The molecule has 2 N–H and O–H groups in total. The maximum Gasteiger partial charge on any atom is 0.291 e. The second-order valence-electron chi connectivity index (χ2n) is 7.57. The molecular formula is C24H24N2O3. The second-order valence-corrected chi connectivity index (χ2v) is 7.57. The fourth-order valence-corrected chi connectivity index (χ4v) is 4.11. The van der Waals surface area contributed by atoms with Crippen LogP contribution in [-0.4, -0.2) is 11.8 Å². The first-order chi connectivity index (χ1) is 14.1. The summed E-state index contributed by atoms with van der Waals surface area (Å²) in [7, 11) is 0. The molecule has 5 nitrogen and oxygen atoms in total. The van der Waals surface area contributed by atoms with Crippen molar-refractivity contribution in [3.05, 3.63) is 83.8 Å². The maximum atomic E-state index is 13.3. The van der Waals surface area contributed by atoms with Crippen LogP contribution >= 0.6 is 0 Å². The van der Waals surface area contributed by atoms with E-state index >= 15 is 0 Å². The van der Waals surface area contributed by atoms with Crippen LogP contribution in [0.15, 0.2) is 71.3 Å². The summed E-state index contributed by atoms with van der Waals surface area (Å²) in [6.45, 7) is 1.90. The molecule has 0 atom stereocenters. The Morgan fingerprint density at radius 3 is 2.34 bits per heavy atom. The number of anilines is 2. The SMILES string of the molecule is Cc1cc(NC(=O)C2(c3ccccc3)CCCC2)ccc1NC(=O)c1ccco1. The number of amides is 2. The molecule has 2 aromatic carbocycles. The summed E-state index contributed by atoms with van der Waals surface area (Å²) >= 11 is 0. The van der Waals surface area contributed by atoms with E-state index in [1.807, 2.05) is 49.4 Å². The van der Waals surface area contributed by atoms with E-state index in [0.717, 1.165) is 42.5 Å². The molecule has 1 aromatic heterocycles. The van der Waals surface area contributed by atoms with Gasteiger partial charge < -0.3 is 15.1 Å². The maximum absolute atomic E-state index is 13.3. The van der Waals surface area contributed by atoms with Crippen LogP contribution in [0.25, 0.3) is 0 Å². The average molecular weight is 388 g/mol. The van der Waals surface area contributed by atoms with Crippen LogP contribution in [0.4, 0.5) is 11.4 Å². The number of furan rings is 1. The van der Waals surface area contributed by atoms with E-state index in [2.05, 4.69) is 10.6 Å². The molecule has 1 fully saturated rings. The summed E-state index contributed by atoms with van der Waals surface area (Å²) in [4.78, 5) is 25.5. The van der Waals surface area contributed by atoms with Crippen LogP contribution in [-0.2, 0) is 10.2 Å². The lowest BCUT2D eigenvalue weighted by atomic mass is 9.78. The van der Waals surface area contributed by atoms with E-state index in [-0.39, 0.29) is 17.6 Å². The van der Waals surface area contributed by atoms with Crippen molar-refractivity contribution in [1.82, 2.24) is 0 Å². The highest BCUT2D eigenvalue weighted by Crippen LogP contribution is 2.42. The largest absolute Gasteiger partial charge is 0.459 e. The lowest BCUT2D eigenvalue weighted by molar-refractivity contribution is -0.121. The number of carbonyl (C=O) groups is 2. The van der Waals surface area contributed by atoms with Crippen molar-refractivity contribution in [1.29, 1.82) is 0 Å².